The van der Waals surface area contributed by atoms with E-state index in [0.717, 1.165) is 57.8 Å². The summed E-state index contributed by atoms with van der Waals surface area (Å²) in [5.41, 5.74) is -0.0247. The molecule has 0 aromatic heterocycles. The van der Waals surface area contributed by atoms with Crippen molar-refractivity contribution in [1.29, 1.82) is 0 Å². The fraction of sp³-hybridized carbons (Fsp3) is 0.850. The Kier molecular flexibility index (Phi) is 5.09. The molecule has 0 aliphatic heterocycles. The summed E-state index contributed by atoms with van der Waals surface area (Å²) in [5, 5.41) is 10.7. The number of aliphatic hydroxyl groups excluding tert-OH is 1. The zero-order chi connectivity index (χ0) is 16.4. The molecule has 0 bridgehead atoms. The first-order valence-electron chi connectivity index (χ1n) is 9.19. The van der Waals surface area contributed by atoms with Crippen molar-refractivity contribution in [2.45, 2.75) is 91.9 Å². The molecule has 0 spiro atoms. The van der Waals surface area contributed by atoms with Crippen LogP contribution in [0.15, 0.2) is 11.8 Å². The number of ketones is 1. The van der Waals surface area contributed by atoms with Crippen LogP contribution in [0.2, 0.25) is 0 Å². The van der Waals surface area contributed by atoms with Gasteiger partial charge in [0.2, 0.25) is 0 Å². The number of carbonyl (C=O) groups excluding carboxylic acids is 1. The Morgan fingerprint density at radius 1 is 0.955 bits per heavy atom. The second kappa shape index (κ2) is 6.37. The number of allylic oxidation sites excluding steroid dienone is 2. The molecular weight excluding hydrogens is 272 g/mol. The van der Waals surface area contributed by atoms with E-state index in [0.29, 0.717) is 11.2 Å². The molecule has 1 N–H and O–H groups in total. The van der Waals surface area contributed by atoms with E-state index in [2.05, 4.69) is 27.7 Å². The lowest BCUT2D eigenvalue weighted by Crippen LogP contribution is -2.34. The van der Waals surface area contributed by atoms with Crippen LogP contribution in [0.4, 0.5) is 0 Å². The average Bonchev–Trinajstić information content (AvgIpc) is 2.51. The lowest BCUT2D eigenvalue weighted by Gasteiger charge is -2.41. The molecule has 2 aliphatic carbocycles. The van der Waals surface area contributed by atoms with E-state index in [-0.39, 0.29) is 16.6 Å². The minimum absolute atomic E-state index is 0.179. The summed E-state index contributed by atoms with van der Waals surface area (Å²) < 4.78 is 0. The van der Waals surface area contributed by atoms with Gasteiger partial charge in [-0.3, -0.25) is 4.79 Å². The molecule has 2 fully saturated rings. The highest BCUT2D eigenvalue weighted by Gasteiger charge is 2.40. The molecular formula is C20H34O2. The van der Waals surface area contributed by atoms with Crippen molar-refractivity contribution in [3.8, 4) is 0 Å². The SMILES string of the molecule is CCC1(C(=O)/C=C(\O)C2(C)CCC(C)(C)CC2)CCCCC1. The molecule has 2 nitrogen and oxygen atoms in total. The van der Waals surface area contributed by atoms with Crippen molar-refractivity contribution in [3.63, 3.8) is 0 Å². The topological polar surface area (TPSA) is 37.3 Å². The third kappa shape index (κ3) is 3.58. The fourth-order valence-electron chi connectivity index (χ4n) is 4.19. The first-order chi connectivity index (χ1) is 10.2. The van der Waals surface area contributed by atoms with Crippen molar-refractivity contribution >= 4 is 5.78 Å². The number of rotatable bonds is 4. The van der Waals surface area contributed by atoms with Gasteiger partial charge in [-0.05, 0) is 50.4 Å². The van der Waals surface area contributed by atoms with E-state index in [1.165, 1.54) is 6.42 Å². The van der Waals surface area contributed by atoms with Gasteiger partial charge in [-0.15, -0.1) is 0 Å². The summed E-state index contributed by atoms with van der Waals surface area (Å²) in [4.78, 5) is 12.8. The first-order valence-corrected chi connectivity index (χ1v) is 9.19. The second-order valence-corrected chi connectivity index (χ2v) is 8.81. The Labute approximate surface area is 136 Å². The first kappa shape index (κ1) is 17.6. The van der Waals surface area contributed by atoms with Crippen LogP contribution in [-0.4, -0.2) is 10.9 Å². The molecule has 0 atom stereocenters. The lowest BCUT2D eigenvalue weighted by atomic mass is 9.64. The van der Waals surface area contributed by atoms with Gasteiger partial charge in [0.15, 0.2) is 5.78 Å². The quantitative estimate of drug-likeness (QED) is 0.513. The van der Waals surface area contributed by atoms with E-state index in [9.17, 15) is 9.90 Å². The predicted molar refractivity (Wildman–Crippen MR) is 91.9 cm³/mol. The Hall–Kier alpha value is -0.790. The summed E-state index contributed by atoms with van der Waals surface area (Å²) in [6.07, 6.45) is 12.3. The maximum absolute atomic E-state index is 12.8. The predicted octanol–water partition coefficient (Wildman–Crippen LogP) is 5.96. The van der Waals surface area contributed by atoms with Crippen LogP contribution in [0.1, 0.15) is 91.9 Å². The molecule has 2 heteroatoms. The van der Waals surface area contributed by atoms with Gasteiger partial charge in [-0.2, -0.15) is 0 Å². The summed E-state index contributed by atoms with van der Waals surface area (Å²) in [6, 6.07) is 0. The number of aliphatic hydroxyl groups is 1. The Balaban J connectivity index is 2.12. The monoisotopic (exact) mass is 306 g/mol. The molecule has 2 aliphatic rings. The summed E-state index contributed by atoms with van der Waals surface area (Å²) in [6.45, 7) is 8.85. The summed E-state index contributed by atoms with van der Waals surface area (Å²) >= 11 is 0. The Bertz CT molecular complexity index is 429. The summed E-state index contributed by atoms with van der Waals surface area (Å²) in [7, 11) is 0. The number of hydrogen-bond acceptors (Lipinski definition) is 2. The fourth-order valence-corrected chi connectivity index (χ4v) is 4.19. The van der Waals surface area contributed by atoms with Gasteiger partial charge >= 0.3 is 0 Å². The van der Waals surface area contributed by atoms with Gasteiger partial charge in [0.05, 0.1) is 0 Å². The molecule has 0 unspecified atom stereocenters. The molecule has 22 heavy (non-hydrogen) atoms. The standard InChI is InChI=1S/C20H34O2/c1-5-20(9-7-6-8-10-20)17(22)15-16(21)19(4)13-11-18(2,3)12-14-19/h15,21H,5-14H2,1-4H3/b16-15-. The molecule has 2 saturated carbocycles. The van der Waals surface area contributed by atoms with Crippen LogP contribution < -0.4 is 0 Å². The maximum atomic E-state index is 12.8. The number of carbonyl (C=O) groups is 1. The molecule has 2 rings (SSSR count). The zero-order valence-electron chi connectivity index (χ0n) is 15.0. The third-order valence-corrected chi connectivity index (χ3v) is 6.60. The van der Waals surface area contributed by atoms with Gasteiger partial charge in [-0.25, -0.2) is 0 Å². The van der Waals surface area contributed by atoms with Crippen LogP contribution in [0.25, 0.3) is 0 Å². The second-order valence-electron chi connectivity index (χ2n) is 8.81. The normalized spacial score (nSPS) is 27.4. The third-order valence-electron chi connectivity index (χ3n) is 6.60. The molecule has 126 valence electrons. The van der Waals surface area contributed by atoms with Crippen molar-refractivity contribution < 1.29 is 9.90 Å². The van der Waals surface area contributed by atoms with Crippen LogP contribution in [0, 0.1) is 16.2 Å². The molecule has 0 radical (unpaired) electrons. The van der Waals surface area contributed by atoms with Gasteiger partial charge < -0.3 is 5.11 Å². The average molecular weight is 306 g/mol. The molecule has 0 amide bonds. The van der Waals surface area contributed by atoms with Crippen LogP contribution in [0.3, 0.4) is 0 Å². The molecule has 0 aromatic carbocycles. The smallest absolute Gasteiger partial charge is 0.165 e. The van der Waals surface area contributed by atoms with E-state index >= 15 is 0 Å². The van der Waals surface area contributed by atoms with Gasteiger partial charge in [0, 0.05) is 16.9 Å². The Morgan fingerprint density at radius 3 is 2.00 bits per heavy atom. The molecule has 0 saturated heterocycles. The largest absolute Gasteiger partial charge is 0.512 e. The van der Waals surface area contributed by atoms with E-state index in [1.807, 2.05) is 0 Å². The van der Waals surface area contributed by atoms with Gasteiger partial charge in [0.1, 0.15) is 5.76 Å². The highest BCUT2D eigenvalue weighted by atomic mass is 16.3. The maximum Gasteiger partial charge on any atom is 0.165 e. The van der Waals surface area contributed by atoms with Crippen LogP contribution in [-0.2, 0) is 4.79 Å². The van der Waals surface area contributed by atoms with Gasteiger partial charge in [0.25, 0.3) is 0 Å². The molecule has 0 aromatic rings. The lowest BCUT2D eigenvalue weighted by molar-refractivity contribution is -0.126. The molecule has 0 heterocycles. The van der Waals surface area contributed by atoms with Gasteiger partial charge in [-0.1, -0.05) is 47.0 Å². The minimum Gasteiger partial charge on any atom is -0.512 e. The summed E-state index contributed by atoms with van der Waals surface area (Å²) in [5.74, 6) is 0.518. The van der Waals surface area contributed by atoms with Crippen LogP contribution in [0.5, 0.6) is 0 Å². The van der Waals surface area contributed by atoms with Crippen molar-refractivity contribution in [2.24, 2.45) is 16.2 Å². The van der Waals surface area contributed by atoms with E-state index in [4.69, 9.17) is 0 Å². The zero-order valence-corrected chi connectivity index (χ0v) is 15.0. The highest BCUT2D eigenvalue weighted by Crippen LogP contribution is 2.48. The highest BCUT2D eigenvalue weighted by molar-refractivity contribution is 5.95. The number of hydrogen-bond donors (Lipinski definition) is 1. The van der Waals surface area contributed by atoms with E-state index < -0.39 is 0 Å². The van der Waals surface area contributed by atoms with Crippen LogP contribution >= 0.6 is 0 Å². The minimum atomic E-state index is -0.200. The van der Waals surface area contributed by atoms with Crippen molar-refractivity contribution in [3.05, 3.63) is 11.8 Å². The van der Waals surface area contributed by atoms with Crippen molar-refractivity contribution in [1.82, 2.24) is 0 Å². The Morgan fingerprint density at radius 2 is 1.50 bits per heavy atom. The van der Waals surface area contributed by atoms with E-state index in [1.54, 1.807) is 6.08 Å². The van der Waals surface area contributed by atoms with Crippen molar-refractivity contribution in [2.75, 3.05) is 0 Å².